The third-order valence-corrected chi connectivity index (χ3v) is 5.52. The van der Waals surface area contributed by atoms with E-state index in [2.05, 4.69) is 35.6 Å². The quantitative estimate of drug-likeness (QED) is 0.342. The molecule has 0 amide bonds. The molecule has 5 heteroatoms. The molecule has 2 heterocycles. The molecule has 0 fully saturated rings. The van der Waals surface area contributed by atoms with Gasteiger partial charge in [0.2, 0.25) is 0 Å². The molecule has 1 N–H and O–H groups in total. The second-order valence-corrected chi connectivity index (χ2v) is 7.60. The minimum atomic E-state index is 0.704. The highest BCUT2D eigenvalue weighted by molar-refractivity contribution is 7.13. The number of hydrogen-bond acceptors (Lipinski definition) is 4. The number of aromatic nitrogens is 2. The van der Waals surface area contributed by atoms with Gasteiger partial charge in [-0.05, 0) is 58.6 Å². The molecular formula is C22H14ClN3S. The molecule has 5 aromatic rings. The van der Waals surface area contributed by atoms with E-state index >= 15 is 0 Å². The summed E-state index contributed by atoms with van der Waals surface area (Å²) < 4.78 is 0. The maximum atomic E-state index is 6.01. The molecule has 0 bridgehead atoms. The minimum absolute atomic E-state index is 0.704. The molecule has 27 heavy (non-hydrogen) atoms. The lowest BCUT2D eigenvalue weighted by Crippen LogP contribution is -1.99. The van der Waals surface area contributed by atoms with Gasteiger partial charge in [-0.2, -0.15) is 0 Å². The number of hydrogen-bond donors (Lipinski definition) is 1. The molecule has 5 rings (SSSR count). The first-order valence-electron chi connectivity index (χ1n) is 8.53. The third-order valence-electron chi connectivity index (χ3n) is 4.39. The Kier molecular flexibility index (Phi) is 4.00. The van der Waals surface area contributed by atoms with Gasteiger partial charge in [-0.15, -0.1) is 11.3 Å². The average molecular weight is 388 g/mol. The Morgan fingerprint density at radius 1 is 0.778 bits per heavy atom. The van der Waals surface area contributed by atoms with Crippen LogP contribution >= 0.6 is 22.9 Å². The van der Waals surface area contributed by atoms with Crippen molar-refractivity contribution in [1.82, 2.24) is 9.97 Å². The van der Waals surface area contributed by atoms with Crippen molar-refractivity contribution in [3.63, 3.8) is 0 Å². The predicted octanol–water partition coefficient (Wildman–Crippen LogP) is 6.91. The van der Waals surface area contributed by atoms with Gasteiger partial charge in [0.1, 0.15) is 5.69 Å². The van der Waals surface area contributed by atoms with Crippen LogP contribution in [0.2, 0.25) is 5.02 Å². The Labute approximate surface area is 165 Å². The van der Waals surface area contributed by atoms with E-state index in [1.807, 2.05) is 47.8 Å². The van der Waals surface area contributed by atoms with E-state index in [0.29, 0.717) is 5.02 Å². The Balaban J connectivity index is 1.71. The summed E-state index contributed by atoms with van der Waals surface area (Å²) >= 11 is 7.66. The fourth-order valence-electron chi connectivity index (χ4n) is 3.08. The number of benzene rings is 3. The van der Waals surface area contributed by atoms with Crippen LogP contribution in [0, 0.1) is 0 Å². The number of nitrogens with one attached hydrogen (secondary N) is 1. The van der Waals surface area contributed by atoms with Gasteiger partial charge in [0, 0.05) is 10.7 Å². The van der Waals surface area contributed by atoms with Gasteiger partial charge < -0.3 is 5.32 Å². The molecule has 0 radical (unpaired) electrons. The molecular weight excluding hydrogens is 374 g/mol. The van der Waals surface area contributed by atoms with Crippen LogP contribution in [-0.2, 0) is 0 Å². The smallest absolute Gasteiger partial charge is 0.158 e. The normalized spacial score (nSPS) is 11.1. The molecule has 3 nitrogen and oxygen atoms in total. The SMILES string of the molecule is Clc1ccc(Nc2nc3cc4ccccc4cc3nc2-c2cccs2)cc1. The summed E-state index contributed by atoms with van der Waals surface area (Å²) in [5.74, 6) is 0.738. The van der Waals surface area contributed by atoms with Crippen LogP contribution in [0.15, 0.2) is 78.2 Å². The lowest BCUT2D eigenvalue weighted by Gasteiger charge is -2.12. The lowest BCUT2D eigenvalue weighted by molar-refractivity contribution is 1.29. The Hall–Kier alpha value is -2.95. The van der Waals surface area contributed by atoms with E-state index in [9.17, 15) is 0 Å². The van der Waals surface area contributed by atoms with Gasteiger partial charge in [-0.3, -0.25) is 0 Å². The minimum Gasteiger partial charge on any atom is -0.338 e. The number of halogens is 1. The van der Waals surface area contributed by atoms with E-state index < -0.39 is 0 Å². The van der Waals surface area contributed by atoms with Crippen LogP contribution in [0.3, 0.4) is 0 Å². The van der Waals surface area contributed by atoms with E-state index in [1.54, 1.807) is 11.3 Å². The predicted molar refractivity (Wildman–Crippen MR) is 115 cm³/mol. The average Bonchev–Trinajstić information content (AvgIpc) is 3.22. The van der Waals surface area contributed by atoms with E-state index in [0.717, 1.165) is 43.9 Å². The zero-order valence-electron chi connectivity index (χ0n) is 14.2. The van der Waals surface area contributed by atoms with Crippen molar-refractivity contribution in [3.8, 4) is 10.6 Å². The highest BCUT2D eigenvalue weighted by atomic mass is 35.5. The molecule has 0 aliphatic carbocycles. The van der Waals surface area contributed by atoms with Crippen molar-refractivity contribution in [2.45, 2.75) is 0 Å². The van der Waals surface area contributed by atoms with Crippen molar-refractivity contribution >= 4 is 56.2 Å². The number of thiophene rings is 1. The van der Waals surface area contributed by atoms with Gasteiger partial charge in [0.25, 0.3) is 0 Å². The lowest BCUT2D eigenvalue weighted by atomic mass is 10.1. The third kappa shape index (κ3) is 3.14. The number of fused-ring (bicyclic) bond motifs is 2. The monoisotopic (exact) mass is 387 g/mol. The Morgan fingerprint density at radius 2 is 1.48 bits per heavy atom. The highest BCUT2D eigenvalue weighted by Gasteiger charge is 2.13. The topological polar surface area (TPSA) is 37.8 Å². The van der Waals surface area contributed by atoms with Crippen LogP contribution < -0.4 is 5.32 Å². The molecule has 130 valence electrons. The molecule has 0 atom stereocenters. The fourth-order valence-corrected chi connectivity index (χ4v) is 3.93. The molecule has 0 saturated heterocycles. The first-order chi connectivity index (χ1) is 13.3. The van der Waals surface area contributed by atoms with Crippen LogP contribution in [-0.4, -0.2) is 9.97 Å². The van der Waals surface area contributed by atoms with Crippen molar-refractivity contribution in [2.24, 2.45) is 0 Å². The van der Waals surface area contributed by atoms with Gasteiger partial charge in [-0.1, -0.05) is 41.9 Å². The van der Waals surface area contributed by atoms with Crippen LogP contribution in [0.5, 0.6) is 0 Å². The molecule has 2 aromatic heterocycles. The van der Waals surface area contributed by atoms with Crippen molar-refractivity contribution in [3.05, 3.63) is 83.2 Å². The van der Waals surface area contributed by atoms with Gasteiger partial charge in [0.15, 0.2) is 5.82 Å². The zero-order chi connectivity index (χ0) is 18.2. The summed E-state index contributed by atoms with van der Waals surface area (Å²) in [5, 5.41) is 8.47. The zero-order valence-corrected chi connectivity index (χ0v) is 15.8. The molecule has 0 spiro atoms. The van der Waals surface area contributed by atoms with E-state index in [-0.39, 0.29) is 0 Å². The second kappa shape index (κ2) is 6.65. The molecule has 0 saturated carbocycles. The van der Waals surface area contributed by atoms with Crippen LogP contribution in [0.4, 0.5) is 11.5 Å². The van der Waals surface area contributed by atoms with Gasteiger partial charge in [-0.25, -0.2) is 9.97 Å². The van der Waals surface area contributed by atoms with Crippen molar-refractivity contribution < 1.29 is 0 Å². The number of nitrogens with zero attached hydrogens (tertiary/aromatic N) is 2. The van der Waals surface area contributed by atoms with E-state index in [1.165, 1.54) is 0 Å². The summed E-state index contributed by atoms with van der Waals surface area (Å²) in [6, 6.07) is 24.1. The summed E-state index contributed by atoms with van der Waals surface area (Å²) in [5.41, 5.74) is 3.53. The van der Waals surface area contributed by atoms with Gasteiger partial charge >= 0.3 is 0 Å². The Bertz CT molecular complexity index is 1250. The van der Waals surface area contributed by atoms with E-state index in [4.69, 9.17) is 21.6 Å². The van der Waals surface area contributed by atoms with Crippen LogP contribution in [0.1, 0.15) is 0 Å². The summed E-state index contributed by atoms with van der Waals surface area (Å²) in [7, 11) is 0. The largest absolute Gasteiger partial charge is 0.338 e. The number of rotatable bonds is 3. The Morgan fingerprint density at radius 3 is 2.15 bits per heavy atom. The van der Waals surface area contributed by atoms with Crippen molar-refractivity contribution in [2.75, 3.05) is 5.32 Å². The first kappa shape index (κ1) is 16.2. The molecule has 0 aliphatic rings. The first-order valence-corrected chi connectivity index (χ1v) is 9.79. The van der Waals surface area contributed by atoms with Gasteiger partial charge in [0.05, 0.1) is 15.9 Å². The summed E-state index contributed by atoms with van der Waals surface area (Å²) in [4.78, 5) is 10.9. The fraction of sp³-hybridized carbons (Fsp3) is 0. The maximum absolute atomic E-state index is 6.01. The standard InChI is InChI=1S/C22H14ClN3S/c23-16-7-9-17(10-8-16)24-22-21(20-6-3-11-27-20)25-18-12-14-4-1-2-5-15(14)13-19(18)26-22/h1-13H,(H,24,26). The summed E-state index contributed by atoms with van der Waals surface area (Å²) in [6.07, 6.45) is 0. The molecule has 0 aliphatic heterocycles. The molecule has 0 unspecified atom stereocenters. The van der Waals surface area contributed by atoms with Crippen molar-refractivity contribution in [1.29, 1.82) is 0 Å². The molecule has 3 aromatic carbocycles. The maximum Gasteiger partial charge on any atom is 0.158 e. The second-order valence-electron chi connectivity index (χ2n) is 6.22. The van der Waals surface area contributed by atoms with Crippen LogP contribution in [0.25, 0.3) is 32.4 Å². The number of anilines is 2. The summed E-state index contributed by atoms with van der Waals surface area (Å²) in [6.45, 7) is 0. The highest BCUT2D eigenvalue weighted by Crippen LogP contribution is 2.33.